The van der Waals surface area contributed by atoms with Crippen LogP contribution in [0.25, 0.3) is 0 Å². The molecule has 1 aromatic heterocycles. The lowest BCUT2D eigenvalue weighted by Crippen LogP contribution is -2.22. The Morgan fingerprint density at radius 1 is 1.36 bits per heavy atom. The lowest BCUT2D eigenvalue weighted by molar-refractivity contribution is -0.136. The summed E-state index contributed by atoms with van der Waals surface area (Å²) >= 11 is 0. The maximum Gasteiger partial charge on any atom is 0.307 e. The van der Waals surface area contributed by atoms with Crippen molar-refractivity contribution in [3.8, 4) is 0 Å². The highest BCUT2D eigenvalue weighted by Crippen LogP contribution is 2.25. The number of aliphatic hydroxyl groups is 1. The molecule has 0 spiro atoms. The van der Waals surface area contributed by atoms with E-state index in [1.165, 1.54) is 12.1 Å². The Kier molecular flexibility index (Phi) is 7.69. The molecule has 1 heterocycles. The Hall–Kier alpha value is -2.74. The van der Waals surface area contributed by atoms with Crippen molar-refractivity contribution in [1.82, 2.24) is 9.97 Å². The van der Waals surface area contributed by atoms with Gasteiger partial charge in [0, 0.05) is 30.3 Å². The minimum Gasteiger partial charge on any atom is -0.481 e. The van der Waals surface area contributed by atoms with Crippen LogP contribution in [0.15, 0.2) is 18.2 Å². The van der Waals surface area contributed by atoms with Crippen molar-refractivity contribution in [3.05, 3.63) is 46.4 Å². The number of aromatic nitrogens is 2. The molecule has 0 aliphatic carbocycles. The van der Waals surface area contributed by atoms with E-state index in [1.807, 2.05) is 6.92 Å². The van der Waals surface area contributed by atoms with E-state index >= 15 is 0 Å². The summed E-state index contributed by atoms with van der Waals surface area (Å²) < 4.78 is 14.4. The molecule has 0 aliphatic rings. The molecule has 152 valence electrons. The van der Waals surface area contributed by atoms with Gasteiger partial charge < -0.3 is 21.3 Å². The van der Waals surface area contributed by atoms with Gasteiger partial charge in [0.05, 0.1) is 6.42 Å². The number of anilines is 2. The minimum atomic E-state index is -0.971. The number of nitrogens with one attached hydrogen (secondary N) is 1. The zero-order valence-corrected chi connectivity index (χ0v) is 16.2. The fourth-order valence-electron chi connectivity index (χ4n) is 3.10. The molecule has 5 N–H and O–H groups in total. The maximum atomic E-state index is 14.4. The zero-order chi connectivity index (χ0) is 20.7. The fraction of sp³-hybridized carbons (Fsp3) is 0.450. The van der Waals surface area contributed by atoms with E-state index in [-0.39, 0.29) is 31.4 Å². The number of carbonyl (C=O) groups is 1. The molecule has 0 fully saturated rings. The van der Waals surface area contributed by atoms with E-state index in [0.29, 0.717) is 34.6 Å². The Morgan fingerprint density at radius 2 is 2.11 bits per heavy atom. The monoisotopic (exact) mass is 390 g/mol. The topological polar surface area (TPSA) is 121 Å². The van der Waals surface area contributed by atoms with Crippen molar-refractivity contribution in [2.24, 2.45) is 0 Å². The number of rotatable bonds is 10. The second-order valence-corrected chi connectivity index (χ2v) is 6.78. The van der Waals surface area contributed by atoms with Crippen molar-refractivity contribution in [2.75, 3.05) is 17.7 Å². The van der Waals surface area contributed by atoms with Gasteiger partial charge in [0.1, 0.15) is 11.6 Å². The molecule has 1 aromatic carbocycles. The zero-order valence-electron chi connectivity index (χ0n) is 16.2. The third-order valence-corrected chi connectivity index (χ3v) is 4.61. The van der Waals surface area contributed by atoms with Gasteiger partial charge in [-0.2, -0.15) is 4.98 Å². The number of aryl methyl sites for hydroxylation is 1. The van der Waals surface area contributed by atoms with Crippen molar-refractivity contribution in [1.29, 1.82) is 0 Å². The van der Waals surface area contributed by atoms with Crippen LogP contribution in [0, 0.1) is 12.7 Å². The van der Waals surface area contributed by atoms with Crippen LogP contribution in [0.1, 0.15) is 48.6 Å². The first-order valence-corrected chi connectivity index (χ1v) is 9.33. The van der Waals surface area contributed by atoms with Crippen LogP contribution >= 0.6 is 0 Å². The first kappa shape index (κ1) is 21.6. The summed E-state index contributed by atoms with van der Waals surface area (Å²) in [5, 5.41) is 21.4. The molecule has 1 unspecified atom stereocenters. The Labute approximate surface area is 163 Å². The molecule has 0 saturated heterocycles. The summed E-state index contributed by atoms with van der Waals surface area (Å²) in [4.78, 5) is 19.5. The largest absolute Gasteiger partial charge is 0.481 e. The molecule has 8 heteroatoms. The molecule has 0 amide bonds. The van der Waals surface area contributed by atoms with Crippen LogP contribution in [-0.2, 0) is 17.6 Å². The van der Waals surface area contributed by atoms with E-state index in [9.17, 15) is 9.18 Å². The minimum absolute atomic E-state index is 0.0859. The molecule has 0 saturated carbocycles. The van der Waals surface area contributed by atoms with E-state index in [0.717, 1.165) is 12.8 Å². The number of aliphatic carboxylic acids is 1. The number of benzene rings is 1. The van der Waals surface area contributed by atoms with Crippen molar-refractivity contribution < 1.29 is 19.4 Å². The van der Waals surface area contributed by atoms with Crippen LogP contribution in [0.5, 0.6) is 0 Å². The number of nitrogen functional groups attached to an aromatic ring is 1. The summed E-state index contributed by atoms with van der Waals surface area (Å²) in [7, 11) is 0. The van der Waals surface area contributed by atoms with Gasteiger partial charge >= 0.3 is 5.97 Å². The third kappa shape index (κ3) is 5.88. The number of carboxylic acid groups (broad SMARTS) is 1. The van der Waals surface area contributed by atoms with Crippen molar-refractivity contribution >= 4 is 17.7 Å². The van der Waals surface area contributed by atoms with Gasteiger partial charge in [-0.3, -0.25) is 4.79 Å². The second kappa shape index (κ2) is 9.98. The average molecular weight is 390 g/mol. The molecule has 7 nitrogen and oxygen atoms in total. The van der Waals surface area contributed by atoms with Crippen LogP contribution in [0.3, 0.4) is 0 Å². The first-order chi connectivity index (χ1) is 13.3. The van der Waals surface area contributed by atoms with Crippen LogP contribution < -0.4 is 11.1 Å². The smallest absolute Gasteiger partial charge is 0.307 e. The summed E-state index contributed by atoms with van der Waals surface area (Å²) in [5.74, 6) is -0.719. The standard InChI is InChI=1S/C20H27FN4O3/c1-3-15(5-4-8-26)24-19-16(12(2)23-20(22)25-19)11-14-9-13(10-18(27)28)6-7-17(14)21/h6-7,9,15,26H,3-5,8,10-11H2,1-2H3,(H,27,28)(H3,22,23,24,25). The lowest BCUT2D eigenvalue weighted by atomic mass is 9.99. The van der Waals surface area contributed by atoms with E-state index < -0.39 is 11.8 Å². The summed E-state index contributed by atoms with van der Waals surface area (Å²) in [5.41, 5.74) is 8.06. The predicted molar refractivity (Wildman–Crippen MR) is 106 cm³/mol. The molecule has 2 rings (SSSR count). The van der Waals surface area contributed by atoms with Gasteiger partial charge in [-0.05, 0) is 43.4 Å². The highest BCUT2D eigenvalue weighted by atomic mass is 19.1. The van der Waals surface area contributed by atoms with Gasteiger partial charge in [0.2, 0.25) is 5.95 Å². The molecular formula is C20H27FN4O3. The number of nitrogens with two attached hydrogens (primary N) is 1. The second-order valence-electron chi connectivity index (χ2n) is 6.78. The number of nitrogens with zero attached hydrogens (tertiary/aromatic N) is 2. The summed E-state index contributed by atoms with van der Waals surface area (Å²) in [6, 6.07) is 4.40. The predicted octanol–water partition coefficient (Wildman–Crippen LogP) is 2.69. The molecule has 2 aromatic rings. The summed E-state index contributed by atoms with van der Waals surface area (Å²) in [6.07, 6.45) is 2.29. The van der Waals surface area contributed by atoms with Gasteiger partial charge in [-0.1, -0.05) is 19.1 Å². The van der Waals surface area contributed by atoms with Gasteiger partial charge in [-0.25, -0.2) is 9.37 Å². The quantitative estimate of drug-likeness (QED) is 0.492. The third-order valence-electron chi connectivity index (χ3n) is 4.61. The Balaban J connectivity index is 2.36. The maximum absolute atomic E-state index is 14.4. The van der Waals surface area contributed by atoms with Crippen LogP contribution in [0.2, 0.25) is 0 Å². The molecule has 0 radical (unpaired) electrons. The lowest BCUT2D eigenvalue weighted by Gasteiger charge is -2.21. The normalized spacial score (nSPS) is 12.0. The number of hydrogen-bond donors (Lipinski definition) is 4. The SMILES string of the molecule is CCC(CCCO)Nc1nc(N)nc(C)c1Cc1cc(CC(=O)O)ccc1F. The van der Waals surface area contributed by atoms with Gasteiger partial charge in [-0.15, -0.1) is 0 Å². The first-order valence-electron chi connectivity index (χ1n) is 9.33. The fourth-order valence-corrected chi connectivity index (χ4v) is 3.10. The van der Waals surface area contributed by atoms with Crippen molar-refractivity contribution in [2.45, 2.75) is 52.0 Å². The molecule has 0 aliphatic heterocycles. The molecule has 1 atom stereocenters. The Bertz CT molecular complexity index is 829. The van der Waals surface area contributed by atoms with E-state index in [4.69, 9.17) is 15.9 Å². The number of hydrogen-bond acceptors (Lipinski definition) is 6. The Morgan fingerprint density at radius 3 is 2.75 bits per heavy atom. The molecular weight excluding hydrogens is 363 g/mol. The number of carboxylic acids is 1. The highest BCUT2D eigenvalue weighted by Gasteiger charge is 2.17. The van der Waals surface area contributed by atoms with Gasteiger partial charge in [0.25, 0.3) is 0 Å². The van der Waals surface area contributed by atoms with E-state index in [1.54, 1.807) is 13.0 Å². The average Bonchev–Trinajstić information content (AvgIpc) is 2.63. The van der Waals surface area contributed by atoms with Crippen LogP contribution in [0.4, 0.5) is 16.2 Å². The summed E-state index contributed by atoms with van der Waals surface area (Å²) in [6.45, 7) is 3.92. The van der Waals surface area contributed by atoms with E-state index in [2.05, 4.69) is 15.3 Å². The molecule has 0 bridgehead atoms. The van der Waals surface area contributed by atoms with Gasteiger partial charge in [0.15, 0.2) is 0 Å². The number of aliphatic hydroxyl groups excluding tert-OH is 1. The van der Waals surface area contributed by atoms with Crippen LogP contribution in [-0.4, -0.2) is 38.8 Å². The molecule has 28 heavy (non-hydrogen) atoms. The highest BCUT2D eigenvalue weighted by molar-refractivity contribution is 5.70. The van der Waals surface area contributed by atoms with Crippen molar-refractivity contribution in [3.63, 3.8) is 0 Å². The number of halogens is 1.